The summed E-state index contributed by atoms with van der Waals surface area (Å²) in [4.78, 5) is 0. The second kappa shape index (κ2) is 5.47. The molecule has 2 rings (SSSR count). The molecule has 21 heavy (non-hydrogen) atoms. The van der Waals surface area contributed by atoms with Gasteiger partial charge >= 0.3 is 6.18 Å². The number of aromatic nitrogens is 2. The summed E-state index contributed by atoms with van der Waals surface area (Å²) in [7, 11) is 1.43. The van der Waals surface area contributed by atoms with Crippen LogP contribution in [0.15, 0.2) is 30.5 Å². The molecule has 0 aliphatic heterocycles. The fourth-order valence-corrected chi connectivity index (χ4v) is 1.84. The van der Waals surface area contributed by atoms with Crippen LogP contribution in [-0.4, -0.2) is 22.7 Å². The topological polar surface area (TPSA) is 76.9 Å². The molecule has 0 bridgehead atoms. The van der Waals surface area contributed by atoms with Crippen LogP contribution >= 0.6 is 0 Å². The lowest BCUT2D eigenvalue weighted by Gasteiger charge is -2.10. The molecule has 3 N–H and O–H groups in total. The van der Waals surface area contributed by atoms with Crippen molar-refractivity contribution in [3.63, 3.8) is 0 Å². The lowest BCUT2D eigenvalue weighted by atomic mass is 10.1. The maximum atomic E-state index is 12.5. The van der Waals surface area contributed by atoms with Crippen LogP contribution in [0.3, 0.4) is 0 Å². The minimum Gasteiger partial charge on any atom is -0.496 e. The van der Waals surface area contributed by atoms with E-state index < -0.39 is 11.9 Å². The molecular weight excluding hydrogens is 285 g/mol. The summed E-state index contributed by atoms with van der Waals surface area (Å²) in [5, 5.41) is 10.9. The number of hydrogen-bond donors (Lipinski definition) is 2. The molecule has 0 aliphatic rings. The van der Waals surface area contributed by atoms with Gasteiger partial charge in [0, 0.05) is 6.20 Å². The van der Waals surface area contributed by atoms with Gasteiger partial charge in [0.25, 0.3) is 0 Å². The summed E-state index contributed by atoms with van der Waals surface area (Å²) in [6.45, 7) is 0.157. The zero-order valence-electron chi connectivity index (χ0n) is 11.1. The highest BCUT2D eigenvalue weighted by Gasteiger charge is 2.33. The van der Waals surface area contributed by atoms with Crippen molar-refractivity contribution < 1.29 is 17.9 Å². The Bertz CT molecular complexity index is 664. The standard InChI is InChI=1S/C13H13F3N4O/c1-21-10-6-8(2-3-9(10)12(17)18)7-20-5-4-11(19-20)13(14,15)16/h2-6H,7H2,1H3,(H3,17,18). The molecule has 2 aromatic rings. The third-order valence-electron chi connectivity index (χ3n) is 2.83. The molecule has 8 heteroatoms. The average Bonchev–Trinajstić information content (AvgIpc) is 2.86. The smallest absolute Gasteiger partial charge is 0.435 e. The highest BCUT2D eigenvalue weighted by Crippen LogP contribution is 2.27. The SMILES string of the molecule is COc1cc(Cn2ccc(C(F)(F)F)n2)ccc1C(=N)N. The minimum atomic E-state index is -4.46. The first kappa shape index (κ1) is 14.9. The highest BCUT2D eigenvalue weighted by molar-refractivity contribution is 5.97. The van der Waals surface area contributed by atoms with E-state index in [1.54, 1.807) is 18.2 Å². The molecule has 0 saturated heterocycles. The van der Waals surface area contributed by atoms with Crippen LogP contribution in [0.25, 0.3) is 0 Å². The molecule has 112 valence electrons. The molecule has 0 saturated carbocycles. The zero-order valence-corrected chi connectivity index (χ0v) is 11.1. The molecule has 0 amide bonds. The van der Waals surface area contributed by atoms with E-state index in [0.29, 0.717) is 16.9 Å². The summed E-state index contributed by atoms with van der Waals surface area (Å²) in [5.41, 5.74) is 5.59. The number of hydrogen-bond acceptors (Lipinski definition) is 3. The third kappa shape index (κ3) is 3.33. The number of benzene rings is 1. The first-order chi connectivity index (χ1) is 9.81. The first-order valence-electron chi connectivity index (χ1n) is 5.93. The van der Waals surface area contributed by atoms with Crippen molar-refractivity contribution in [1.82, 2.24) is 9.78 Å². The van der Waals surface area contributed by atoms with Crippen molar-refractivity contribution in [2.45, 2.75) is 12.7 Å². The zero-order chi connectivity index (χ0) is 15.6. The fraction of sp³-hybridized carbons (Fsp3) is 0.231. The van der Waals surface area contributed by atoms with Crippen LogP contribution in [0, 0.1) is 5.41 Å². The number of methoxy groups -OCH3 is 1. The van der Waals surface area contributed by atoms with Gasteiger partial charge < -0.3 is 10.5 Å². The Kier molecular flexibility index (Phi) is 3.88. The van der Waals surface area contributed by atoms with Gasteiger partial charge in [-0.15, -0.1) is 0 Å². The van der Waals surface area contributed by atoms with Crippen molar-refractivity contribution in [3.05, 3.63) is 47.3 Å². The number of halogens is 3. The van der Waals surface area contributed by atoms with Crippen molar-refractivity contribution in [3.8, 4) is 5.75 Å². The molecule has 1 aromatic carbocycles. The van der Waals surface area contributed by atoms with Crippen LogP contribution in [0.1, 0.15) is 16.8 Å². The number of nitrogens with zero attached hydrogens (tertiary/aromatic N) is 2. The molecule has 1 heterocycles. The molecule has 0 atom stereocenters. The first-order valence-corrected chi connectivity index (χ1v) is 5.93. The van der Waals surface area contributed by atoms with E-state index in [-0.39, 0.29) is 12.4 Å². The van der Waals surface area contributed by atoms with Crippen LogP contribution in [0.2, 0.25) is 0 Å². The summed E-state index contributed by atoms with van der Waals surface area (Å²) in [5.74, 6) is 0.250. The summed E-state index contributed by atoms with van der Waals surface area (Å²) < 4.78 is 43.7. The Hall–Kier alpha value is -2.51. The van der Waals surface area contributed by atoms with E-state index in [1.165, 1.54) is 18.0 Å². The van der Waals surface area contributed by atoms with Gasteiger partial charge in [0.15, 0.2) is 5.69 Å². The Balaban J connectivity index is 2.24. The Morgan fingerprint density at radius 1 is 1.38 bits per heavy atom. The third-order valence-corrected chi connectivity index (χ3v) is 2.83. The fourth-order valence-electron chi connectivity index (χ4n) is 1.84. The molecule has 0 radical (unpaired) electrons. The normalized spacial score (nSPS) is 11.4. The molecular formula is C13H13F3N4O. The lowest BCUT2D eigenvalue weighted by molar-refractivity contribution is -0.141. The second-order valence-corrected chi connectivity index (χ2v) is 4.34. The van der Waals surface area contributed by atoms with Crippen LogP contribution in [0.5, 0.6) is 5.75 Å². The van der Waals surface area contributed by atoms with E-state index in [4.69, 9.17) is 15.9 Å². The highest BCUT2D eigenvalue weighted by atomic mass is 19.4. The Labute approximate surface area is 118 Å². The van der Waals surface area contributed by atoms with Crippen molar-refractivity contribution in [2.75, 3.05) is 7.11 Å². The summed E-state index contributed by atoms with van der Waals surface area (Å²) >= 11 is 0. The molecule has 0 fully saturated rings. The van der Waals surface area contributed by atoms with Gasteiger partial charge in [0.1, 0.15) is 11.6 Å². The number of nitrogen functional groups attached to an aromatic ring is 1. The Morgan fingerprint density at radius 2 is 2.10 bits per heavy atom. The summed E-state index contributed by atoms with van der Waals surface area (Å²) in [6, 6.07) is 5.78. The number of rotatable bonds is 4. The Morgan fingerprint density at radius 3 is 2.62 bits per heavy atom. The number of ether oxygens (including phenoxy) is 1. The number of alkyl halides is 3. The number of amidine groups is 1. The van der Waals surface area contributed by atoms with Crippen molar-refractivity contribution >= 4 is 5.84 Å². The predicted octanol–water partition coefficient (Wildman–Crippen LogP) is 2.24. The van der Waals surface area contributed by atoms with Crippen LogP contribution in [-0.2, 0) is 12.7 Å². The number of nitrogens with one attached hydrogen (secondary N) is 1. The van der Waals surface area contributed by atoms with Gasteiger partial charge in [-0.1, -0.05) is 6.07 Å². The van der Waals surface area contributed by atoms with Gasteiger partial charge in [-0.2, -0.15) is 18.3 Å². The van der Waals surface area contributed by atoms with Gasteiger partial charge in [-0.3, -0.25) is 10.1 Å². The van der Waals surface area contributed by atoms with Crippen molar-refractivity contribution in [1.29, 1.82) is 5.41 Å². The molecule has 0 spiro atoms. The molecule has 1 aromatic heterocycles. The van der Waals surface area contributed by atoms with E-state index in [0.717, 1.165) is 6.07 Å². The largest absolute Gasteiger partial charge is 0.496 e. The maximum absolute atomic E-state index is 12.5. The van der Waals surface area contributed by atoms with Crippen molar-refractivity contribution in [2.24, 2.45) is 5.73 Å². The van der Waals surface area contributed by atoms with E-state index in [2.05, 4.69) is 5.10 Å². The maximum Gasteiger partial charge on any atom is 0.435 e. The molecule has 5 nitrogen and oxygen atoms in total. The van der Waals surface area contributed by atoms with Crippen LogP contribution < -0.4 is 10.5 Å². The van der Waals surface area contributed by atoms with Gasteiger partial charge in [-0.05, 0) is 23.8 Å². The number of nitrogens with two attached hydrogens (primary N) is 1. The van der Waals surface area contributed by atoms with Gasteiger partial charge in [-0.25, -0.2) is 0 Å². The van der Waals surface area contributed by atoms with Gasteiger partial charge in [0.2, 0.25) is 0 Å². The molecule has 0 aliphatic carbocycles. The van der Waals surface area contributed by atoms with E-state index in [9.17, 15) is 13.2 Å². The lowest BCUT2D eigenvalue weighted by Crippen LogP contribution is -2.13. The predicted molar refractivity (Wildman–Crippen MR) is 70.3 cm³/mol. The van der Waals surface area contributed by atoms with E-state index in [1.807, 2.05) is 0 Å². The average molecular weight is 298 g/mol. The minimum absolute atomic E-state index is 0.142. The van der Waals surface area contributed by atoms with Gasteiger partial charge in [0.05, 0.1) is 19.2 Å². The second-order valence-electron chi connectivity index (χ2n) is 4.34. The van der Waals surface area contributed by atoms with Crippen LogP contribution in [0.4, 0.5) is 13.2 Å². The summed E-state index contributed by atoms with van der Waals surface area (Å²) in [6.07, 6.45) is -3.20. The quantitative estimate of drug-likeness (QED) is 0.671. The monoisotopic (exact) mass is 298 g/mol. The molecule has 0 unspecified atom stereocenters. The van der Waals surface area contributed by atoms with E-state index >= 15 is 0 Å².